The van der Waals surface area contributed by atoms with Crippen LogP contribution < -0.4 is 21.3 Å². The van der Waals surface area contributed by atoms with E-state index in [9.17, 15) is 5.48 Å². The Morgan fingerprint density at radius 1 is 0.333 bits per heavy atom. The smallest absolute Gasteiger partial charge is 0.249 e. The van der Waals surface area contributed by atoms with Crippen molar-refractivity contribution in [3.8, 4) is 67.0 Å². The molecular weight excluding hydrogens is 1130 g/mol. The molecule has 0 unspecified atom stereocenters. The second kappa shape index (κ2) is 20.3. The fourth-order valence-corrected chi connectivity index (χ4v) is 17.0. The van der Waals surface area contributed by atoms with Crippen molar-refractivity contribution in [2.24, 2.45) is 0 Å². The number of benzene rings is 14. The maximum Gasteiger partial charge on any atom is 0.249 e. The van der Waals surface area contributed by atoms with Crippen molar-refractivity contribution in [1.82, 2.24) is 9.13 Å². The topological polar surface area (TPSA) is 13.1 Å². The fourth-order valence-electron chi connectivity index (χ4n) is 14.5. The highest BCUT2D eigenvalue weighted by atomic mass is 32.2. The molecule has 0 radical (unpaired) electrons. The lowest BCUT2D eigenvalue weighted by atomic mass is 9.34. The maximum atomic E-state index is 9.69. The van der Waals surface area contributed by atoms with Gasteiger partial charge in [-0.05, 0) is 140 Å². The average Bonchev–Trinajstić information content (AvgIpc) is 1.22. The van der Waals surface area contributed by atoms with E-state index < -0.39 is 24.2 Å². The molecule has 0 N–H and O–H groups in total. The van der Waals surface area contributed by atoms with Crippen LogP contribution in [0.25, 0.3) is 131 Å². The van der Waals surface area contributed by atoms with E-state index in [1.807, 2.05) is 36.0 Å². The highest BCUT2D eigenvalue weighted by Crippen LogP contribution is 2.53. The number of para-hydroxylation sites is 4. The second-order valence-electron chi connectivity index (χ2n) is 23.3. The van der Waals surface area contributed by atoms with Gasteiger partial charge in [0.15, 0.2) is 0 Å². The Labute approximate surface area is 541 Å². The van der Waals surface area contributed by atoms with Crippen LogP contribution in [0.5, 0.6) is 0 Å². The molecule has 0 amide bonds. The van der Waals surface area contributed by atoms with Crippen molar-refractivity contribution in [2.75, 3.05) is 4.90 Å². The summed E-state index contributed by atoms with van der Waals surface area (Å²) in [5.74, 6) is 0. The third kappa shape index (κ3) is 7.88. The zero-order valence-corrected chi connectivity index (χ0v) is 49.8. The minimum Gasteiger partial charge on any atom is -0.310 e. The summed E-state index contributed by atoms with van der Waals surface area (Å²) in [6.07, 6.45) is 0. The molecule has 6 heteroatoms. The quantitative estimate of drug-likeness (QED) is 0.141. The molecule has 0 saturated heterocycles. The van der Waals surface area contributed by atoms with Crippen LogP contribution in [-0.2, 0) is 0 Å². The summed E-state index contributed by atoms with van der Waals surface area (Å²) in [5.41, 5.74) is 20.2. The van der Waals surface area contributed by atoms with E-state index in [2.05, 4.69) is 252 Å². The molecule has 3 aromatic heterocycles. The van der Waals surface area contributed by atoms with Gasteiger partial charge in [-0.25, -0.2) is 0 Å². The molecule has 90 heavy (non-hydrogen) atoms. The van der Waals surface area contributed by atoms with E-state index in [1.165, 1.54) is 25.1 Å². The highest BCUT2D eigenvalue weighted by Gasteiger charge is 2.43. The molecule has 0 aliphatic carbocycles. The molecule has 418 valence electrons. The summed E-state index contributed by atoms with van der Waals surface area (Å²) in [4.78, 5) is 4.69. The Morgan fingerprint density at radius 3 is 1.59 bits per heavy atom. The number of hydrogen-bond acceptors (Lipinski definition) is 3. The highest BCUT2D eigenvalue weighted by molar-refractivity contribution is 8.00. The summed E-state index contributed by atoms with van der Waals surface area (Å²) in [7, 11) is 0. The van der Waals surface area contributed by atoms with Crippen molar-refractivity contribution >= 4 is 127 Å². The maximum absolute atomic E-state index is 9.69. The van der Waals surface area contributed by atoms with Gasteiger partial charge in [0.25, 0.3) is 0 Å². The number of hydrogen-bond donors (Lipinski definition) is 0. The molecule has 0 saturated carbocycles. The first kappa shape index (κ1) is 43.7. The summed E-state index contributed by atoms with van der Waals surface area (Å²) in [6, 6.07) is 91.9. The molecule has 5 heterocycles. The summed E-state index contributed by atoms with van der Waals surface area (Å²) in [5, 5.41) is 4.67. The van der Waals surface area contributed by atoms with Crippen molar-refractivity contribution in [2.45, 2.75) is 9.79 Å². The predicted molar refractivity (Wildman–Crippen MR) is 385 cm³/mol. The Balaban J connectivity index is 0.937. The van der Waals surface area contributed by atoms with Crippen molar-refractivity contribution < 1.29 is 11.0 Å². The standard InChI is InChI=1S/C84H52BN3S2/c1-5-21-53(22-6-1)57-29-19-30-61(47-57)86-74-38-18-15-33-67(74)68-48-59(39-44-75(68)86)60-50-77-82-80(51-60)90-84-71(43-46-79-81(84)69-49-58(40-45-78(69)89-79)54-23-7-2-8-24-54)85(82)70-42-41-62(87-72-36-16-13-31-65(72)66-32-14-17-37-73(66)87)52-76(70)88(77)83-63(55-25-9-3-10-26-55)34-20-35-64(83)56-27-11-4-12-28-56/h1-52H/i13D,14D,16D,17D,31D,32D,36D,37D. The van der Waals surface area contributed by atoms with E-state index in [0.29, 0.717) is 5.69 Å². The SMILES string of the molecule is [2H]c1c([2H])c([2H])c2c(c1[2H])c1c([2H])c([2H])c([2H])c([2H])c1n2-c1ccc2c(c1)N(c1c(-c3ccccc3)cccc1-c1ccccc1)c1cc(-c3ccc4c(c3)c3ccccc3n4-c3cccc(-c4ccccc4)c3)cc3c1B2c1ccc2sc4ccc(-c5ccccc5)cc4c2c1S3. The Kier molecular flexibility index (Phi) is 9.88. The van der Waals surface area contributed by atoms with Gasteiger partial charge in [-0.2, -0.15) is 0 Å². The van der Waals surface area contributed by atoms with E-state index in [4.69, 9.17) is 5.48 Å². The van der Waals surface area contributed by atoms with Crippen molar-refractivity contribution in [1.29, 1.82) is 0 Å². The molecule has 0 atom stereocenters. The van der Waals surface area contributed by atoms with Gasteiger partial charge in [-0.1, -0.05) is 248 Å². The average molecular weight is 1190 g/mol. The molecule has 2 aliphatic rings. The molecule has 2 aliphatic heterocycles. The number of fused-ring (bicyclic) bond motifs is 14. The number of nitrogens with zero attached hydrogens (tertiary/aromatic N) is 3. The molecule has 17 aromatic rings. The van der Waals surface area contributed by atoms with Gasteiger partial charge in [0, 0.05) is 85.4 Å². The number of thiophene rings is 1. The van der Waals surface area contributed by atoms with E-state index in [-0.39, 0.29) is 52.7 Å². The van der Waals surface area contributed by atoms with E-state index in [1.54, 1.807) is 15.9 Å². The molecule has 0 bridgehead atoms. The zero-order valence-electron chi connectivity index (χ0n) is 56.1. The third-order valence-corrected chi connectivity index (χ3v) is 20.7. The predicted octanol–water partition coefficient (Wildman–Crippen LogP) is 21.3. The first-order valence-electron chi connectivity index (χ1n) is 34.3. The monoisotopic (exact) mass is 1190 g/mol. The van der Waals surface area contributed by atoms with Gasteiger partial charge >= 0.3 is 0 Å². The van der Waals surface area contributed by atoms with Crippen LogP contribution in [0.15, 0.2) is 325 Å². The van der Waals surface area contributed by atoms with Gasteiger partial charge in [-0.15, -0.1) is 11.3 Å². The normalized spacial score (nSPS) is 13.8. The molecule has 0 fully saturated rings. The van der Waals surface area contributed by atoms with Gasteiger partial charge in [0.05, 0.1) is 38.7 Å². The minimum atomic E-state index is -0.490. The largest absolute Gasteiger partial charge is 0.310 e. The van der Waals surface area contributed by atoms with Crippen molar-refractivity contribution in [3.05, 3.63) is 315 Å². The fraction of sp³-hybridized carbons (Fsp3) is 0. The summed E-state index contributed by atoms with van der Waals surface area (Å²) in [6.45, 7) is -0.355. The van der Waals surface area contributed by atoms with Gasteiger partial charge in [-0.3, -0.25) is 0 Å². The van der Waals surface area contributed by atoms with Crippen LogP contribution in [0.4, 0.5) is 17.1 Å². The third-order valence-electron chi connectivity index (χ3n) is 18.4. The Morgan fingerprint density at radius 2 is 0.878 bits per heavy atom. The zero-order chi connectivity index (χ0) is 65.9. The first-order valence-corrected chi connectivity index (χ1v) is 31.9. The summed E-state index contributed by atoms with van der Waals surface area (Å²) < 4.78 is 80.9. The van der Waals surface area contributed by atoms with Crippen LogP contribution in [0, 0.1) is 0 Å². The molecule has 14 aromatic carbocycles. The van der Waals surface area contributed by atoms with Crippen LogP contribution in [0.3, 0.4) is 0 Å². The van der Waals surface area contributed by atoms with Gasteiger partial charge < -0.3 is 14.0 Å². The first-order chi connectivity index (χ1) is 48.0. The molecule has 3 nitrogen and oxygen atoms in total. The van der Waals surface area contributed by atoms with E-state index in [0.717, 1.165) is 121 Å². The minimum absolute atomic E-state index is 0.0226. The van der Waals surface area contributed by atoms with E-state index >= 15 is 0 Å². The number of rotatable bonds is 8. The molecular formula is C84H52BN3S2. The Hall–Kier alpha value is -10.9. The van der Waals surface area contributed by atoms with Gasteiger partial charge in [0.2, 0.25) is 6.71 Å². The van der Waals surface area contributed by atoms with Crippen LogP contribution in [0.1, 0.15) is 11.0 Å². The van der Waals surface area contributed by atoms with Crippen LogP contribution >= 0.6 is 23.1 Å². The van der Waals surface area contributed by atoms with Crippen LogP contribution in [0.2, 0.25) is 0 Å². The Bertz CT molecular complexity index is 6140. The molecule has 19 rings (SSSR count). The number of anilines is 3. The van der Waals surface area contributed by atoms with Crippen molar-refractivity contribution in [3.63, 3.8) is 0 Å². The lowest BCUT2D eigenvalue weighted by Gasteiger charge is -2.42. The lowest BCUT2D eigenvalue weighted by Crippen LogP contribution is -2.60. The lowest BCUT2D eigenvalue weighted by molar-refractivity contribution is 1.17. The second-order valence-corrected chi connectivity index (χ2v) is 25.4. The molecule has 0 spiro atoms. The van der Waals surface area contributed by atoms with Crippen LogP contribution in [-0.4, -0.2) is 15.8 Å². The van der Waals surface area contributed by atoms with Gasteiger partial charge in [0.1, 0.15) is 0 Å². The summed E-state index contributed by atoms with van der Waals surface area (Å²) >= 11 is 3.64. The number of aromatic nitrogens is 2.